The number of esters is 1. The molecule has 2 aromatic rings. The van der Waals surface area contributed by atoms with Crippen LogP contribution in [-0.2, 0) is 4.74 Å². The SMILES string of the molecule is COC(=O)c1cc2ccc(Cl)nc2n1C1CC1. The highest BCUT2D eigenvalue weighted by atomic mass is 35.5. The number of hydrogen-bond donors (Lipinski definition) is 0. The third-order valence-corrected chi connectivity index (χ3v) is 3.17. The molecule has 0 saturated heterocycles. The van der Waals surface area contributed by atoms with E-state index < -0.39 is 0 Å². The molecule has 2 aromatic heterocycles. The van der Waals surface area contributed by atoms with Crippen molar-refractivity contribution in [3.63, 3.8) is 0 Å². The van der Waals surface area contributed by atoms with Crippen molar-refractivity contribution in [3.05, 3.63) is 29.0 Å². The highest BCUT2D eigenvalue weighted by Gasteiger charge is 2.30. The lowest BCUT2D eigenvalue weighted by atomic mass is 10.3. The predicted molar refractivity (Wildman–Crippen MR) is 64.4 cm³/mol. The lowest BCUT2D eigenvalue weighted by Gasteiger charge is -2.06. The van der Waals surface area contributed by atoms with Crippen molar-refractivity contribution in [1.29, 1.82) is 0 Å². The van der Waals surface area contributed by atoms with Crippen molar-refractivity contribution < 1.29 is 9.53 Å². The normalized spacial score (nSPS) is 15.2. The van der Waals surface area contributed by atoms with Crippen molar-refractivity contribution >= 4 is 28.6 Å². The van der Waals surface area contributed by atoms with Crippen molar-refractivity contribution in [2.45, 2.75) is 18.9 Å². The Labute approximate surface area is 103 Å². The van der Waals surface area contributed by atoms with E-state index in [2.05, 4.69) is 4.98 Å². The molecule has 4 nitrogen and oxygen atoms in total. The Kier molecular flexibility index (Phi) is 2.33. The molecule has 1 aliphatic carbocycles. The highest BCUT2D eigenvalue weighted by molar-refractivity contribution is 6.29. The Hall–Kier alpha value is -1.55. The van der Waals surface area contributed by atoms with Crippen LogP contribution in [0.5, 0.6) is 0 Å². The van der Waals surface area contributed by atoms with E-state index in [4.69, 9.17) is 16.3 Å². The van der Waals surface area contributed by atoms with Crippen molar-refractivity contribution in [2.24, 2.45) is 0 Å². The molecule has 1 aliphatic rings. The summed E-state index contributed by atoms with van der Waals surface area (Å²) in [5, 5.41) is 1.36. The fourth-order valence-corrected chi connectivity index (χ4v) is 2.18. The van der Waals surface area contributed by atoms with Gasteiger partial charge in [-0.15, -0.1) is 0 Å². The number of methoxy groups -OCH3 is 1. The second-order valence-corrected chi connectivity index (χ2v) is 4.56. The van der Waals surface area contributed by atoms with E-state index >= 15 is 0 Å². The Bertz CT molecular complexity index is 602. The van der Waals surface area contributed by atoms with E-state index in [1.54, 1.807) is 6.07 Å². The van der Waals surface area contributed by atoms with Gasteiger partial charge < -0.3 is 9.30 Å². The number of hydrogen-bond acceptors (Lipinski definition) is 3. The molecule has 0 aliphatic heterocycles. The van der Waals surface area contributed by atoms with Gasteiger partial charge in [0, 0.05) is 11.4 Å². The van der Waals surface area contributed by atoms with Crippen LogP contribution in [0.4, 0.5) is 0 Å². The standard InChI is InChI=1S/C12H11ClN2O2/c1-17-12(16)9-6-7-2-5-10(13)14-11(7)15(9)8-3-4-8/h2,5-6,8H,3-4H2,1H3. The maximum absolute atomic E-state index is 11.7. The minimum atomic E-state index is -0.328. The van der Waals surface area contributed by atoms with Gasteiger partial charge in [-0.3, -0.25) is 0 Å². The quantitative estimate of drug-likeness (QED) is 0.608. The summed E-state index contributed by atoms with van der Waals surface area (Å²) in [5.41, 5.74) is 1.32. The van der Waals surface area contributed by atoms with Crippen LogP contribution in [0.15, 0.2) is 18.2 Å². The Morgan fingerprint density at radius 2 is 2.29 bits per heavy atom. The third kappa shape index (κ3) is 1.69. The number of nitrogens with zero attached hydrogens (tertiary/aromatic N) is 2. The molecule has 3 rings (SSSR count). The Morgan fingerprint density at radius 1 is 1.53 bits per heavy atom. The van der Waals surface area contributed by atoms with Gasteiger partial charge in [-0.25, -0.2) is 9.78 Å². The average Bonchev–Trinajstić information content (AvgIpc) is 3.09. The average molecular weight is 251 g/mol. The number of aromatic nitrogens is 2. The molecule has 0 atom stereocenters. The molecule has 88 valence electrons. The molecule has 0 amide bonds. The fraction of sp³-hybridized carbons (Fsp3) is 0.333. The van der Waals surface area contributed by atoms with Crippen LogP contribution in [0, 0.1) is 0 Å². The van der Waals surface area contributed by atoms with E-state index in [0.717, 1.165) is 23.9 Å². The molecule has 0 unspecified atom stereocenters. The summed E-state index contributed by atoms with van der Waals surface area (Å²) in [6.07, 6.45) is 2.14. The lowest BCUT2D eigenvalue weighted by molar-refractivity contribution is 0.0589. The van der Waals surface area contributed by atoms with Crippen molar-refractivity contribution in [3.8, 4) is 0 Å². The van der Waals surface area contributed by atoms with Gasteiger partial charge in [0.15, 0.2) is 0 Å². The number of fused-ring (bicyclic) bond motifs is 1. The third-order valence-electron chi connectivity index (χ3n) is 2.96. The molecule has 0 N–H and O–H groups in total. The zero-order chi connectivity index (χ0) is 12.0. The molecule has 17 heavy (non-hydrogen) atoms. The first kappa shape index (κ1) is 10.6. The number of halogens is 1. The van der Waals surface area contributed by atoms with Crippen LogP contribution >= 0.6 is 11.6 Å². The maximum Gasteiger partial charge on any atom is 0.354 e. The highest BCUT2D eigenvalue weighted by Crippen LogP contribution is 2.39. The molecule has 2 heterocycles. The van der Waals surface area contributed by atoms with E-state index in [0.29, 0.717) is 16.9 Å². The molecular formula is C12H11ClN2O2. The van der Waals surface area contributed by atoms with E-state index in [1.807, 2.05) is 16.7 Å². The summed E-state index contributed by atoms with van der Waals surface area (Å²) in [7, 11) is 1.39. The molecular weight excluding hydrogens is 240 g/mol. The molecule has 0 bridgehead atoms. The summed E-state index contributed by atoms with van der Waals surface area (Å²) in [6, 6.07) is 5.76. The summed E-state index contributed by atoms with van der Waals surface area (Å²) < 4.78 is 6.73. The van der Waals surface area contributed by atoms with Crippen LogP contribution in [-0.4, -0.2) is 22.6 Å². The van der Waals surface area contributed by atoms with Crippen LogP contribution in [0.25, 0.3) is 11.0 Å². The number of carbonyl (C=O) groups is 1. The molecule has 1 fully saturated rings. The monoisotopic (exact) mass is 250 g/mol. The largest absolute Gasteiger partial charge is 0.464 e. The zero-order valence-corrected chi connectivity index (χ0v) is 10.1. The number of carbonyl (C=O) groups excluding carboxylic acids is 1. The number of pyridine rings is 1. The lowest BCUT2D eigenvalue weighted by Crippen LogP contribution is -2.09. The molecule has 0 radical (unpaired) electrons. The minimum absolute atomic E-state index is 0.328. The first-order valence-electron chi connectivity index (χ1n) is 5.46. The fourth-order valence-electron chi connectivity index (χ4n) is 2.04. The second-order valence-electron chi connectivity index (χ2n) is 4.17. The van der Waals surface area contributed by atoms with Gasteiger partial charge in [0.2, 0.25) is 0 Å². The van der Waals surface area contributed by atoms with Gasteiger partial charge in [0.05, 0.1) is 7.11 Å². The molecule has 0 aromatic carbocycles. The Morgan fingerprint density at radius 3 is 2.94 bits per heavy atom. The van der Waals surface area contributed by atoms with E-state index in [1.165, 1.54) is 7.11 Å². The van der Waals surface area contributed by atoms with Crippen molar-refractivity contribution in [2.75, 3.05) is 7.11 Å². The summed E-state index contributed by atoms with van der Waals surface area (Å²) in [6.45, 7) is 0. The minimum Gasteiger partial charge on any atom is -0.464 e. The maximum atomic E-state index is 11.7. The number of rotatable bonds is 2. The topological polar surface area (TPSA) is 44.1 Å². The van der Waals surface area contributed by atoms with Crippen LogP contribution in [0.2, 0.25) is 5.15 Å². The summed E-state index contributed by atoms with van der Waals surface area (Å²) in [5.74, 6) is -0.328. The smallest absolute Gasteiger partial charge is 0.354 e. The van der Waals surface area contributed by atoms with Gasteiger partial charge in [-0.1, -0.05) is 11.6 Å². The molecule has 1 saturated carbocycles. The van der Waals surface area contributed by atoms with Crippen LogP contribution in [0.1, 0.15) is 29.4 Å². The van der Waals surface area contributed by atoms with Crippen LogP contribution in [0.3, 0.4) is 0 Å². The van der Waals surface area contributed by atoms with Crippen LogP contribution < -0.4 is 0 Å². The van der Waals surface area contributed by atoms with Gasteiger partial charge in [0.1, 0.15) is 16.5 Å². The van der Waals surface area contributed by atoms with Crippen molar-refractivity contribution in [1.82, 2.24) is 9.55 Å². The van der Waals surface area contributed by atoms with E-state index in [9.17, 15) is 4.79 Å². The summed E-state index contributed by atoms with van der Waals surface area (Å²) >= 11 is 5.90. The number of ether oxygens (including phenoxy) is 1. The first-order chi connectivity index (χ1) is 8.20. The molecule has 0 spiro atoms. The van der Waals surface area contributed by atoms with Gasteiger partial charge >= 0.3 is 5.97 Å². The zero-order valence-electron chi connectivity index (χ0n) is 9.31. The van der Waals surface area contributed by atoms with Gasteiger partial charge in [0.25, 0.3) is 0 Å². The first-order valence-corrected chi connectivity index (χ1v) is 5.84. The Balaban J connectivity index is 2.27. The molecule has 5 heteroatoms. The second kappa shape index (κ2) is 3.74. The summed E-state index contributed by atoms with van der Waals surface area (Å²) in [4.78, 5) is 16.0. The van der Waals surface area contributed by atoms with E-state index in [-0.39, 0.29) is 5.97 Å². The van der Waals surface area contributed by atoms with Gasteiger partial charge in [-0.2, -0.15) is 0 Å². The predicted octanol–water partition coefficient (Wildman–Crippen LogP) is 2.81. The van der Waals surface area contributed by atoms with Gasteiger partial charge in [-0.05, 0) is 31.0 Å².